The van der Waals surface area contributed by atoms with Crippen molar-refractivity contribution in [3.05, 3.63) is 88.0 Å². The van der Waals surface area contributed by atoms with E-state index in [1.54, 1.807) is 12.3 Å². The Balaban J connectivity index is 2.09. The molecule has 3 rings (SSSR count). The van der Waals surface area contributed by atoms with E-state index in [9.17, 15) is 9.90 Å². The van der Waals surface area contributed by atoms with Crippen molar-refractivity contribution >= 4 is 29.2 Å². The number of unbranched alkanes of at least 4 members (excludes halogenated alkanes) is 1. The molecule has 4 nitrogen and oxygen atoms in total. The molecule has 0 amide bonds. The van der Waals surface area contributed by atoms with Gasteiger partial charge in [0.05, 0.1) is 24.0 Å². The van der Waals surface area contributed by atoms with Crippen LogP contribution in [0.25, 0.3) is 11.6 Å². The van der Waals surface area contributed by atoms with E-state index in [1.807, 2.05) is 55.5 Å². The summed E-state index contributed by atoms with van der Waals surface area (Å²) in [5, 5.41) is 10.6. The lowest BCUT2D eigenvalue weighted by molar-refractivity contribution is -0.130. The van der Waals surface area contributed by atoms with E-state index in [0.717, 1.165) is 41.9 Å². The van der Waals surface area contributed by atoms with Crippen LogP contribution < -0.4 is 0 Å². The molecule has 5 heteroatoms. The van der Waals surface area contributed by atoms with E-state index >= 15 is 0 Å². The van der Waals surface area contributed by atoms with Gasteiger partial charge in [0.25, 0.3) is 0 Å². The number of rotatable bonds is 8. The molecule has 3 aromatic rings. The molecule has 1 aromatic heterocycles. The highest BCUT2D eigenvalue weighted by molar-refractivity contribution is 6.31. The van der Waals surface area contributed by atoms with Crippen LogP contribution in [0.5, 0.6) is 0 Å². The van der Waals surface area contributed by atoms with E-state index in [0.29, 0.717) is 17.1 Å². The SMILES string of the molecule is CCCCc1ncc(/C=C(/C(=O)O)c2ccccc2C)n1Cc1ccccc1Cl. The fourth-order valence-electron chi connectivity index (χ4n) is 3.34. The van der Waals surface area contributed by atoms with Gasteiger partial charge in [0.1, 0.15) is 5.82 Å². The number of halogens is 1. The Kier molecular flexibility index (Phi) is 6.89. The number of carbonyl (C=O) groups is 1. The average molecular weight is 409 g/mol. The number of nitrogens with zero attached hydrogens (tertiary/aromatic N) is 2. The summed E-state index contributed by atoms with van der Waals surface area (Å²) in [5.41, 5.74) is 3.62. The van der Waals surface area contributed by atoms with Gasteiger partial charge in [-0.2, -0.15) is 0 Å². The molecule has 0 saturated carbocycles. The molecular weight excluding hydrogens is 384 g/mol. The Morgan fingerprint density at radius 1 is 1.17 bits per heavy atom. The lowest BCUT2D eigenvalue weighted by Crippen LogP contribution is -2.09. The smallest absolute Gasteiger partial charge is 0.336 e. The van der Waals surface area contributed by atoms with Gasteiger partial charge in [0.2, 0.25) is 0 Å². The summed E-state index contributed by atoms with van der Waals surface area (Å²) in [7, 11) is 0. The number of aryl methyl sites for hydroxylation is 2. The van der Waals surface area contributed by atoms with Crippen molar-refractivity contribution in [2.24, 2.45) is 0 Å². The number of carboxylic acids is 1. The molecule has 1 N–H and O–H groups in total. The number of hydrogen-bond acceptors (Lipinski definition) is 2. The zero-order chi connectivity index (χ0) is 20.8. The maximum Gasteiger partial charge on any atom is 0.336 e. The normalized spacial score (nSPS) is 11.6. The summed E-state index contributed by atoms with van der Waals surface area (Å²) in [6.07, 6.45) is 6.38. The zero-order valence-electron chi connectivity index (χ0n) is 16.7. The fourth-order valence-corrected chi connectivity index (χ4v) is 3.53. The molecule has 0 saturated heterocycles. The molecule has 0 spiro atoms. The monoisotopic (exact) mass is 408 g/mol. The Morgan fingerprint density at radius 2 is 1.90 bits per heavy atom. The van der Waals surface area contributed by atoms with Crippen LogP contribution in [0, 0.1) is 6.92 Å². The summed E-state index contributed by atoms with van der Waals surface area (Å²) < 4.78 is 2.07. The predicted molar refractivity (Wildman–Crippen MR) is 118 cm³/mol. The molecule has 2 aromatic carbocycles. The number of aromatic nitrogens is 2. The summed E-state index contributed by atoms with van der Waals surface area (Å²) in [4.78, 5) is 16.6. The minimum Gasteiger partial charge on any atom is -0.478 e. The first-order valence-electron chi connectivity index (χ1n) is 9.80. The highest BCUT2D eigenvalue weighted by Crippen LogP contribution is 2.24. The summed E-state index contributed by atoms with van der Waals surface area (Å²) in [6, 6.07) is 15.2. The second-order valence-corrected chi connectivity index (χ2v) is 7.47. The number of imidazole rings is 1. The molecule has 150 valence electrons. The molecule has 0 bridgehead atoms. The number of hydrogen-bond donors (Lipinski definition) is 1. The maximum absolute atomic E-state index is 12.0. The Bertz CT molecular complexity index is 1040. The number of benzene rings is 2. The molecule has 0 unspecified atom stereocenters. The topological polar surface area (TPSA) is 55.1 Å². The van der Waals surface area contributed by atoms with Crippen molar-refractivity contribution in [2.75, 3.05) is 0 Å². The average Bonchev–Trinajstić information content (AvgIpc) is 3.08. The van der Waals surface area contributed by atoms with Gasteiger partial charge in [0.15, 0.2) is 0 Å². The van der Waals surface area contributed by atoms with Gasteiger partial charge in [-0.15, -0.1) is 0 Å². The van der Waals surface area contributed by atoms with Crippen molar-refractivity contribution in [1.29, 1.82) is 0 Å². The number of aliphatic carboxylic acids is 1. The molecule has 1 heterocycles. The third-order valence-corrected chi connectivity index (χ3v) is 5.34. The van der Waals surface area contributed by atoms with Crippen molar-refractivity contribution < 1.29 is 9.90 Å². The van der Waals surface area contributed by atoms with Crippen LogP contribution in [0.2, 0.25) is 5.02 Å². The molecule has 0 aliphatic rings. The number of carboxylic acid groups (broad SMARTS) is 1. The molecular formula is C24H25ClN2O2. The van der Waals surface area contributed by atoms with Gasteiger partial charge in [-0.1, -0.05) is 67.4 Å². The van der Waals surface area contributed by atoms with Gasteiger partial charge in [-0.3, -0.25) is 0 Å². The minimum absolute atomic E-state index is 0.255. The first-order valence-corrected chi connectivity index (χ1v) is 10.2. The van der Waals surface area contributed by atoms with Gasteiger partial charge < -0.3 is 9.67 Å². The second-order valence-electron chi connectivity index (χ2n) is 7.06. The molecule has 0 aliphatic carbocycles. The third kappa shape index (κ3) is 4.96. The largest absolute Gasteiger partial charge is 0.478 e. The minimum atomic E-state index is -0.958. The van der Waals surface area contributed by atoms with E-state index in [4.69, 9.17) is 11.6 Å². The van der Waals surface area contributed by atoms with Crippen molar-refractivity contribution in [2.45, 2.75) is 39.7 Å². The third-order valence-electron chi connectivity index (χ3n) is 4.97. The first-order chi connectivity index (χ1) is 14.0. The van der Waals surface area contributed by atoms with Gasteiger partial charge in [-0.25, -0.2) is 9.78 Å². The Hall–Kier alpha value is -2.85. The van der Waals surface area contributed by atoms with Crippen LogP contribution in [0.1, 0.15) is 48.0 Å². The van der Waals surface area contributed by atoms with E-state index in [2.05, 4.69) is 16.5 Å². The molecule has 29 heavy (non-hydrogen) atoms. The van der Waals surface area contributed by atoms with Gasteiger partial charge in [0, 0.05) is 11.4 Å². The lowest BCUT2D eigenvalue weighted by Gasteiger charge is -2.13. The lowest BCUT2D eigenvalue weighted by atomic mass is 10.00. The van der Waals surface area contributed by atoms with Crippen LogP contribution in [-0.2, 0) is 17.8 Å². The van der Waals surface area contributed by atoms with Crippen LogP contribution in [0.3, 0.4) is 0 Å². The van der Waals surface area contributed by atoms with Gasteiger partial charge in [-0.05, 0) is 42.2 Å². The van der Waals surface area contributed by atoms with Crippen LogP contribution in [-0.4, -0.2) is 20.6 Å². The second kappa shape index (κ2) is 9.57. The quantitative estimate of drug-likeness (QED) is 0.475. The predicted octanol–water partition coefficient (Wildman–Crippen LogP) is 5.86. The van der Waals surface area contributed by atoms with Crippen molar-refractivity contribution in [3.63, 3.8) is 0 Å². The van der Waals surface area contributed by atoms with Crippen molar-refractivity contribution in [1.82, 2.24) is 9.55 Å². The molecule has 0 fully saturated rings. The van der Waals surface area contributed by atoms with Crippen LogP contribution in [0.15, 0.2) is 54.7 Å². The maximum atomic E-state index is 12.0. The Labute approximate surface area is 176 Å². The summed E-state index contributed by atoms with van der Waals surface area (Å²) in [5.74, 6) is -0.0209. The highest BCUT2D eigenvalue weighted by atomic mass is 35.5. The summed E-state index contributed by atoms with van der Waals surface area (Å²) >= 11 is 6.38. The molecule has 0 aliphatic heterocycles. The van der Waals surface area contributed by atoms with Gasteiger partial charge >= 0.3 is 5.97 Å². The van der Waals surface area contributed by atoms with E-state index in [1.165, 1.54) is 0 Å². The summed E-state index contributed by atoms with van der Waals surface area (Å²) in [6.45, 7) is 4.61. The van der Waals surface area contributed by atoms with E-state index < -0.39 is 5.97 Å². The fraction of sp³-hybridized carbons (Fsp3) is 0.250. The highest BCUT2D eigenvalue weighted by Gasteiger charge is 2.16. The molecule has 0 atom stereocenters. The standard InChI is InChI=1S/C24H25ClN2O2/c1-3-4-13-23-26-15-19(27(23)16-18-10-6-8-12-22(18)25)14-21(24(28)29)20-11-7-5-9-17(20)2/h5-12,14-15H,3-4,13,16H2,1-2H3,(H,28,29)/b21-14+. The van der Waals surface area contributed by atoms with E-state index in [-0.39, 0.29) is 5.57 Å². The first kappa shape index (κ1) is 20.9. The van der Waals surface area contributed by atoms with Crippen LogP contribution >= 0.6 is 11.6 Å². The molecule has 0 radical (unpaired) electrons. The zero-order valence-corrected chi connectivity index (χ0v) is 17.5. The Morgan fingerprint density at radius 3 is 2.59 bits per heavy atom. The van der Waals surface area contributed by atoms with Crippen molar-refractivity contribution in [3.8, 4) is 0 Å². The van der Waals surface area contributed by atoms with Crippen LogP contribution in [0.4, 0.5) is 0 Å².